The Morgan fingerprint density at radius 1 is 1.32 bits per heavy atom. The van der Waals surface area contributed by atoms with Crippen LogP contribution in [-0.4, -0.2) is 53.5 Å². The highest BCUT2D eigenvalue weighted by molar-refractivity contribution is 7.11. The highest BCUT2D eigenvalue weighted by atomic mass is 32.1. The molecule has 1 N–H and O–H groups in total. The summed E-state index contributed by atoms with van der Waals surface area (Å²) in [5, 5.41) is 4.90. The molecule has 1 aromatic rings. The fourth-order valence-electron chi connectivity index (χ4n) is 4.27. The van der Waals surface area contributed by atoms with Crippen molar-refractivity contribution in [2.45, 2.75) is 52.2 Å². The number of hydrogen-bond acceptors (Lipinski definition) is 5. The molecule has 0 amide bonds. The van der Waals surface area contributed by atoms with Crippen molar-refractivity contribution in [2.24, 2.45) is 5.41 Å². The van der Waals surface area contributed by atoms with Crippen molar-refractivity contribution in [1.29, 1.82) is 0 Å². The lowest BCUT2D eigenvalue weighted by atomic mass is 9.87. The van der Waals surface area contributed by atoms with Crippen molar-refractivity contribution < 1.29 is 0 Å². The highest BCUT2D eigenvalue weighted by Crippen LogP contribution is 2.37. The molecule has 1 spiro atoms. The average molecular weight is 321 g/mol. The second kappa shape index (κ2) is 5.86. The molecule has 1 unspecified atom stereocenters. The third-order valence-corrected chi connectivity index (χ3v) is 6.81. The number of hydrogen-bond donors (Lipinski definition) is 1. The maximum absolute atomic E-state index is 4.96. The molecule has 0 radical (unpaired) electrons. The smallest absolute Gasteiger partial charge is 0.107 e. The number of nitrogens with zero attached hydrogens (tertiary/aromatic N) is 3. The van der Waals surface area contributed by atoms with Crippen molar-refractivity contribution in [3.8, 4) is 0 Å². The molecule has 2 saturated heterocycles. The van der Waals surface area contributed by atoms with Gasteiger partial charge in [-0.1, -0.05) is 0 Å². The van der Waals surface area contributed by atoms with Gasteiger partial charge in [0.25, 0.3) is 0 Å². The van der Waals surface area contributed by atoms with Gasteiger partial charge < -0.3 is 5.32 Å². The first-order valence-electron chi connectivity index (χ1n) is 8.78. The van der Waals surface area contributed by atoms with Crippen LogP contribution < -0.4 is 5.32 Å². The predicted octanol–water partition coefficient (Wildman–Crippen LogP) is 2.09. The average Bonchev–Trinajstić information content (AvgIpc) is 3.19. The van der Waals surface area contributed by atoms with E-state index in [0.717, 1.165) is 19.5 Å². The topological polar surface area (TPSA) is 31.4 Å². The van der Waals surface area contributed by atoms with Crippen molar-refractivity contribution in [1.82, 2.24) is 20.1 Å². The second-order valence-electron chi connectivity index (χ2n) is 7.68. The van der Waals surface area contributed by atoms with Gasteiger partial charge in [-0.15, -0.1) is 11.3 Å². The van der Waals surface area contributed by atoms with E-state index in [1.165, 1.54) is 61.1 Å². The van der Waals surface area contributed by atoms with Crippen LogP contribution in [0.5, 0.6) is 0 Å². The first kappa shape index (κ1) is 15.1. The molecule has 4 rings (SSSR count). The minimum absolute atomic E-state index is 0.575. The van der Waals surface area contributed by atoms with Crippen LogP contribution in [0.2, 0.25) is 0 Å². The van der Waals surface area contributed by atoms with Crippen LogP contribution in [0.3, 0.4) is 0 Å². The number of likely N-dealkylation sites (tertiary alicyclic amines) is 1. The van der Waals surface area contributed by atoms with Crippen LogP contribution in [0.15, 0.2) is 0 Å². The van der Waals surface area contributed by atoms with E-state index in [1.807, 2.05) is 11.3 Å². The zero-order chi connectivity index (χ0) is 15.2. The molecule has 5 heteroatoms. The van der Waals surface area contributed by atoms with Gasteiger partial charge in [-0.25, -0.2) is 4.98 Å². The van der Waals surface area contributed by atoms with Crippen molar-refractivity contribution >= 4 is 11.3 Å². The molecule has 3 aliphatic rings. The van der Waals surface area contributed by atoms with Gasteiger partial charge in [-0.3, -0.25) is 9.80 Å². The van der Waals surface area contributed by atoms with Crippen molar-refractivity contribution in [3.63, 3.8) is 0 Å². The lowest BCUT2D eigenvalue weighted by molar-refractivity contribution is 0.204. The maximum atomic E-state index is 4.96. The molecular weight excluding hydrogens is 292 g/mol. The Bertz CT molecular complexity index is 533. The summed E-state index contributed by atoms with van der Waals surface area (Å²) in [4.78, 5) is 11.7. The lowest BCUT2D eigenvalue weighted by Crippen LogP contribution is -2.35. The normalized spacial score (nSPS) is 29.8. The molecule has 3 aliphatic heterocycles. The Labute approximate surface area is 137 Å². The predicted molar refractivity (Wildman–Crippen MR) is 91.2 cm³/mol. The summed E-state index contributed by atoms with van der Waals surface area (Å²) in [5.74, 6) is 0. The molecule has 0 saturated carbocycles. The van der Waals surface area contributed by atoms with Crippen LogP contribution in [0, 0.1) is 5.41 Å². The minimum Gasteiger partial charge on any atom is -0.316 e. The van der Waals surface area contributed by atoms with Gasteiger partial charge in [0, 0.05) is 43.5 Å². The van der Waals surface area contributed by atoms with Gasteiger partial charge in [0.1, 0.15) is 5.01 Å². The fraction of sp³-hybridized carbons (Fsp3) is 0.824. The Morgan fingerprint density at radius 3 is 3.00 bits per heavy atom. The molecule has 22 heavy (non-hydrogen) atoms. The number of rotatable bonds is 3. The van der Waals surface area contributed by atoms with Crippen LogP contribution in [0.4, 0.5) is 0 Å². The Hall–Kier alpha value is -0.490. The maximum Gasteiger partial charge on any atom is 0.107 e. The molecule has 1 aromatic heterocycles. The van der Waals surface area contributed by atoms with E-state index in [4.69, 9.17) is 4.98 Å². The Morgan fingerprint density at radius 2 is 2.23 bits per heavy atom. The van der Waals surface area contributed by atoms with Crippen LogP contribution in [0.25, 0.3) is 0 Å². The van der Waals surface area contributed by atoms with Crippen molar-refractivity contribution in [3.05, 3.63) is 15.6 Å². The van der Waals surface area contributed by atoms with E-state index in [0.29, 0.717) is 11.5 Å². The molecule has 4 nitrogen and oxygen atoms in total. The van der Waals surface area contributed by atoms with E-state index in [2.05, 4.69) is 29.0 Å². The monoisotopic (exact) mass is 320 g/mol. The molecule has 0 aromatic carbocycles. The van der Waals surface area contributed by atoms with Gasteiger partial charge in [0.2, 0.25) is 0 Å². The van der Waals surface area contributed by atoms with Gasteiger partial charge >= 0.3 is 0 Å². The van der Waals surface area contributed by atoms with Crippen LogP contribution in [-0.2, 0) is 19.5 Å². The zero-order valence-electron chi connectivity index (χ0n) is 13.9. The summed E-state index contributed by atoms with van der Waals surface area (Å²) in [7, 11) is 0. The summed E-state index contributed by atoms with van der Waals surface area (Å²) < 4.78 is 0. The summed E-state index contributed by atoms with van der Waals surface area (Å²) in [5.41, 5.74) is 1.96. The third-order valence-electron chi connectivity index (χ3n) is 5.74. The van der Waals surface area contributed by atoms with Crippen molar-refractivity contribution in [2.75, 3.05) is 32.7 Å². The fourth-order valence-corrected chi connectivity index (χ4v) is 5.46. The molecule has 0 bridgehead atoms. The van der Waals surface area contributed by atoms with E-state index in [-0.39, 0.29) is 0 Å². The summed E-state index contributed by atoms with van der Waals surface area (Å²) in [6.07, 6.45) is 3.87. The third kappa shape index (κ3) is 2.84. The molecule has 2 fully saturated rings. The van der Waals surface area contributed by atoms with Gasteiger partial charge in [0.15, 0.2) is 0 Å². The van der Waals surface area contributed by atoms with Crippen LogP contribution in [0.1, 0.15) is 42.3 Å². The quantitative estimate of drug-likeness (QED) is 0.924. The van der Waals surface area contributed by atoms with E-state index in [9.17, 15) is 0 Å². The lowest BCUT2D eigenvalue weighted by Gasteiger charge is -2.29. The summed E-state index contributed by atoms with van der Waals surface area (Å²) in [6.45, 7) is 12.9. The zero-order valence-corrected chi connectivity index (χ0v) is 14.7. The summed E-state index contributed by atoms with van der Waals surface area (Å²) >= 11 is 1.96. The molecule has 4 heterocycles. The first-order valence-corrected chi connectivity index (χ1v) is 9.60. The van der Waals surface area contributed by atoms with E-state index in [1.54, 1.807) is 0 Å². The molecule has 0 aliphatic carbocycles. The molecule has 1 atom stereocenters. The standard InChI is InChI=1S/C17H28N4S/c1-13(2)21-7-3-14-15(9-21)22-16(19-14)10-20-8-5-17(12-20)4-6-18-11-17/h13,18H,3-12H2,1-2H3. The SMILES string of the molecule is CC(C)N1CCc2nc(CN3CCC4(CCNC4)C3)sc2C1. The number of aromatic nitrogens is 1. The number of fused-ring (bicyclic) bond motifs is 1. The molecule has 122 valence electrons. The number of nitrogens with one attached hydrogen (secondary N) is 1. The second-order valence-corrected chi connectivity index (χ2v) is 8.85. The van der Waals surface area contributed by atoms with E-state index >= 15 is 0 Å². The van der Waals surface area contributed by atoms with Crippen LogP contribution >= 0.6 is 11.3 Å². The largest absolute Gasteiger partial charge is 0.316 e. The van der Waals surface area contributed by atoms with Gasteiger partial charge in [0.05, 0.1) is 12.2 Å². The van der Waals surface area contributed by atoms with E-state index < -0.39 is 0 Å². The highest BCUT2D eigenvalue weighted by Gasteiger charge is 2.40. The molecular formula is C17H28N4S. The van der Waals surface area contributed by atoms with Gasteiger partial charge in [-0.2, -0.15) is 0 Å². The number of thiazole rings is 1. The summed E-state index contributed by atoms with van der Waals surface area (Å²) in [6, 6.07) is 0.645. The van der Waals surface area contributed by atoms with Gasteiger partial charge in [-0.05, 0) is 45.2 Å². The first-order chi connectivity index (χ1) is 10.6. The Kier molecular flexibility index (Phi) is 4.01. The minimum atomic E-state index is 0.575. The Balaban J connectivity index is 1.40.